The maximum atomic E-state index is 11.8. The van der Waals surface area contributed by atoms with Crippen molar-refractivity contribution in [3.63, 3.8) is 0 Å². The third-order valence-electron chi connectivity index (χ3n) is 3.30. The van der Waals surface area contributed by atoms with Gasteiger partial charge in [0.05, 0.1) is 18.4 Å². The van der Waals surface area contributed by atoms with Crippen LogP contribution in [-0.4, -0.2) is 21.9 Å². The molecule has 3 rings (SSSR count). The Morgan fingerprint density at radius 2 is 2.10 bits per heavy atom. The number of hydrogen-bond acceptors (Lipinski definition) is 3. The number of benzene rings is 1. The SMILES string of the molecule is Cc1ncc(CNc2ccc(C(=O)NC3CC3)cc2)[nH]1. The minimum atomic E-state index is 0.0169. The standard InChI is InChI=1S/C15H18N4O/c1-10-16-8-14(18-10)9-17-12-4-2-11(3-5-12)15(20)19-13-6-7-13/h2-5,8,13,17H,6-7,9H2,1H3,(H,16,18)(H,19,20). The number of anilines is 1. The summed E-state index contributed by atoms with van der Waals surface area (Å²) in [6.45, 7) is 2.62. The van der Waals surface area contributed by atoms with Gasteiger partial charge in [0.15, 0.2) is 0 Å². The molecule has 0 radical (unpaired) electrons. The molecule has 1 heterocycles. The van der Waals surface area contributed by atoms with Crippen LogP contribution in [0.2, 0.25) is 0 Å². The lowest BCUT2D eigenvalue weighted by molar-refractivity contribution is 0.0951. The van der Waals surface area contributed by atoms with Crippen LogP contribution < -0.4 is 10.6 Å². The number of aryl methyl sites for hydroxylation is 1. The van der Waals surface area contributed by atoms with E-state index in [0.29, 0.717) is 18.2 Å². The van der Waals surface area contributed by atoms with Crippen molar-refractivity contribution in [1.82, 2.24) is 15.3 Å². The minimum Gasteiger partial charge on any atom is -0.379 e. The number of H-pyrrole nitrogens is 1. The van der Waals surface area contributed by atoms with E-state index in [1.807, 2.05) is 37.4 Å². The summed E-state index contributed by atoms with van der Waals surface area (Å²) in [6.07, 6.45) is 4.03. The molecule has 20 heavy (non-hydrogen) atoms. The average Bonchev–Trinajstić information content (AvgIpc) is 3.17. The lowest BCUT2D eigenvalue weighted by Gasteiger charge is -2.07. The topological polar surface area (TPSA) is 69.8 Å². The Bertz CT molecular complexity index is 599. The van der Waals surface area contributed by atoms with Gasteiger partial charge in [-0.15, -0.1) is 0 Å². The van der Waals surface area contributed by atoms with Crippen LogP contribution in [0.4, 0.5) is 5.69 Å². The number of aromatic nitrogens is 2. The molecule has 0 saturated heterocycles. The molecule has 5 nitrogen and oxygen atoms in total. The molecule has 1 aliphatic carbocycles. The quantitative estimate of drug-likeness (QED) is 0.780. The summed E-state index contributed by atoms with van der Waals surface area (Å²) in [6, 6.07) is 7.93. The number of carbonyl (C=O) groups excluding carboxylic acids is 1. The first-order valence-corrected chi connectivity index (χ1v) is 6.86. The Labute approximate surface area is 117 Å². The zero-order chi connectivity index (χ0) is 13.9. The number of rotatable bonds is 5. The predicted molar refractivity (Wildman–Crippen MR) is 77.6 cm³/mol. The zero-order valence-electron chi connectivity index (χ0n) is 11.4. The second-order valence-electron chi connectivity index (χ2n) is 5.17. The molecule has 5 heteroatoms. The summed E-state index contributed by atoms with van der Waals surface area (Å²) in [5, 5.41) is 6.27. The van der Waals surface area contributed by atoms with Crippen LogP contribution in [0, 0.1) is 6.92 Å². The van der Waals surface area contributed by atoms with Crippen LogP contribution in [0.5, 0.6) is 0 Å². The molecule has 1 amide bonds. The smallest absolute Gasteiger partial charge is 0.251 e. The molecule has 0 aliphatic heterocycles. The van der Waals surface area contributed by atoms with E-state index in [1.165, 1.54) is 0 Å². The van der Waals surface area contributed by atoms with Crippen molar-refractivity contribution >= 4 is 11.6 Å². The lowest BCUT2D eigenvalue weighted by atomic mass is 10.2. The van der Waals surface area contributed by atoms with Crippen LogP contribution in [-0.2, 0) is 6.54 Å². The van der Waals surface area contributed by atoms with E-state index in [-0.39, 0.29) is 5.91 Å². The number of amides is 1. The molecular formula is C15H18N4O. The molecule has 1 aliphatic rings. The highest BCUT2D eigenvalue weighted by atomic mass is 16.1. The Hall–Kier alpha value is -2.30. The van der Waals surface area contributed by atoms with Gasteiger partial charge < -0.3 is 15.6 Å². The Morgan fingerprint density at radius 1 is 1.35 bits per heavy atom. The minimum absolute atomic E-state index is 0.0169. The normalized spacial score (nSPS) is 14.1. The van der Waals surface area contributed by atoms with Gasteiger partial charge in [0.2, 0.25) is 0 Å². The number of nitrogens with one attached hydrogen (secondary N) is 3. The van der Waals surface area contributed by atoms with Gasteiger partial charge in [-0.2, -0.15) is 0 Å². The van der Waals surface area contributed by atoms with E-state index < -0.39 is 0 Å². The molecule has 104 valence electrons. The average molecular weight is 270 g/mol. The largest absolute Gasteiger partial charge is 0.379 e. The molecule has 1 fully saturated rings. The highest BCUT2D eigenvalue weighted by Gasteiger charge is 2.23. The molecule has 0 unspecified atom stereocenters. The van der Waals surface area contributed by atoms with Crippen LogP contribution in [0.3, 0.4) is 0 Å². The molecule has 0 spiro atoms. The summed E-state index contributed by atoms with van der Waals surface area (Å²) < 4.78 is 0. The second kappa shape index (κ2) is 5.36. The van der Waals surface area contributed by atoms with Gasteiger partial charge in [0.1, 0.15) is 5.82 Å². The van der Waals surface area contributed by atoms with Crippen molar-refractivity contribution in [3.05, 3.63) is 47.5 Å². The fourth-order valence-electron chi connectivity index (χ4n) is 1.99. The maximum Gasteiger partial charge on any atom is 0.251 e. The highest BCUT2D eigenvalue weighted by molar-refractivity contribution is 5.94. The maximum absolute atomic E-state index is 11.8. The van der Waals surface area contributed by atoms with Crippen molar-refractivity contribution in [2.75, 3.05) is 5.32 Å². The van der Waals surface area contributed by atoms with Gasteiger partial charge in [-0.05, 0) is 44.0 Å². The van der Waals surface area contributed by atoms with Gasteiger partial charge in [0, 0.05) is 17.3 Å². The summed E-state index contributed by atoms with van der Waals surface area (Å²) >= 11 is 0. The molecule has 0 bridgehead atoms. The molecule has 1 saturated carbocycles. The summed E-state index contributed by atoms with van der Waals surface area (Å²) in [5.41, 5.74) is 2.73. The fraction of sp³-hybridized carbons (Fsp3) is 0.333. The van der Waals surface area contributed by atoms with E-state index in [2.05, 4.69) is 20.6 Å². The van der Waals surface area contributed by atoms with Crippen molar-refractivity contribution in [2.24, 2.45) is 0 Å². The van der Waals surface area contributed by atoms with E-state index in [9.17, 15) is 4.79 Å². The van der Waals surface area contributed by atoms with Crippen molar-refractivity contribution in [2.45, 2.75) is 32.4 Å². The predicted octanol–water partition coefficient (Wildman–Crippen LogP) is 2.22. The molecule has 0 atom stereocenters. The molecule has 1 aromatic carbocycles. The van der Waals surface area contributed by atoms with Gasteiger partial charge in [-0.1, -0.05) is 0 Å². The van der Waals surface area contributed by atoms with E-state index in [4.69, 9.17) is 0 Å². The number of carbonyl (C=O) groups is 1. The Kier molecular flexibility index (Phi) is 3.41. The molecule has 2 aromatic rings. The molecule has 3 N–H and O–H groups in total. The summed E-state index contributed by atoms with van der Waals surface area (Å²) in [4.78, 5) is 19.2. The Balaban J connectivity index is 1.56. The van der Waals surface area contributed by atoms with Crippen LogP contribution >= 0.6 is 0 Å². The second-order valence-corrected chi connectivity index (χ2v) is 5.17. The number of hydrogen-bond donors (Lipinski definition) is 3. The zero-order valence-corrected chi connectivity index (χ0v) is 11.4. The lowest BCUT2D eigenvalue weighted by Crippen LogP contribution is -2.25. The first-order chi connectivity index (χ1) is 9.70. The van der Waals surface area contributed by atoms with Gasteiger partial charge >= 0.3 is 0 Å². The third-order valence-corrected chi connectivity index (χ3v) is 3.30. The van der Waals surface area contributed by atoms with Gasteiger partial charge in [-0.25, -0.2) is 4.98 Å². The monoisotopic (exact) mass is 270 g/mol. The van der Waals surface area contributed by atoms with Crippen LogP contribution in [0.25, 0.3) is 0 Å². The molecular weight excluding hydrogens is 252 g/mol. The van der Waals surface area contributed by atoms with Gasteiger partial charge in [0.25, 0.3) is 5.91 Å². The third kappa shape index (κ3) is 3.17. The number of imidazole rings is 1. The number of aromatic amines is 1. The number of nitrogens with zero attached hydrogens (tertiary/aromatic N) is 1. The van der Waals surface area contributed by atoms with E-state index in [0.717, 1.165) is 30.0 Å². The van der Waals surface area contributed by atoms with E-state index in [1.54, 1.807) is 0 Å². The first-order valence-electron chi connectivity index (χ1n) is 6.86. The van der Waals surface area contributed by atoms with E-state index >= 15 is 0 Å². The van der Waals surface area contributed by atoms with Crippen molar-refractivity contribution < 1.29 is 4.79 Å². The van der Waals surface area contributed by atoms with Crippen molar-refractivity contribution in [1.29, 1.82) is 0 Å². The van der Waals surface area contributed by atoms with Gasteiger partial charge in [-0.3, -0.25) is 4.79 Å². The van der Waals surface area contributed by atoms with Crippen LogP contribution in [0.15, 0.2) is 30.5 Å². The Morgan fingerprint density at radius 3 is 2.70 bits per heavy atom. The highest BCUT2D eigenvalue weighted by Crippen LogP contribution is 2.19. The fourth-order valence-corrected chi connectivity index (χ4v) is 1.99. The summed E-state index contributed by atoms with van der Waals surface area (Å²) in [7, 11) is 0. The van der Waals surface area contributed by atoms with Crippen molar-refractivity contribution in [3.8, 4) is 0 Å². The van der Waals surface area contributed by atoms with Crippen LogP contribution in [0.1, 0.15) is 34.7 Å². The summed E-state index contributed by atoms with van der Waals surface area (Å²) in [5.74, 6) is 0.928. The molecule has 1 aromatic heterocycles. The first kappa shape index (κ1) is 12.7.